The van der Waals surface area contributed by atoms with Crippen LogP contribution in [-0.4, -0.2) is 180 Å². The molecule has 6 N–H and O–H groups in total. The van der Waals surface area contributed by atoms with Gasteiger partial charge in [-0.25, -0.2) is 33.7 Å². The lowest BCUT2D eigenvalue weighted by molar-refractivity contribution is -0.139. The topological polar surface area (TPSA) is 323 Å². The van der Waals surface area contributed by atoms with Gasteiger partial charge >= 0.3 is 17.9 Å². The summed E-state index contributed by atoms with van der Waals surface area (Å²) in [6.45, 7) is 10.4. The molecule has 0 spiro atoms. The number of carbonyl (C=O) groups excluding carboxylic acids is 1. The lowest BCUT2D eigenvalue weighted by atomic mass is 10.1. The number of carboxylic acids is 2. The number of piperazine rings is 1. The monoisotopic (exact) mass is 1180 g/mol. The van der Waals surface area contributed by atoms with E-state index in [4.69, 9.17) is 60.5 Å². The molecule has 2 aliphatic rings. The Morgan fingerprint density at radius 2 is 1.26 bits per heavy atom. The van der Waals surface area contributed by atoms with Crippen LogP contribution in [0, 0.1) is 19.7 Å². The number of rotatable bonds is 17. The number of benzene rings is 2. The molecule has 11 heterocycles. The molecule has 28 heteroatoms. The van der Waals surface area contributed by atoms with Crippen molar-refractivity contribution in [2.45, 2.75) is 33.4 Å². The number of methoxy groups -OCH3 is 1. The fourth-order valence-electron chi connectivity index (χ4n) is 11.7. The van der Waals surface area contributed by atoms with E-state index in [1.54, 1.807) is 66.3 Å². The molecule has 11 aromatic rings. The number of fused-ring (bicyclic) bond motifs is 6. The molecular weight excluding hydrogens is 1120 g/mol. The van der Waals surface area contributed by atoms with Crippen molar-refractivity contribution in [1.82, 2.24) is 73.1 Å². The maximum atomic E-state index is 15.8. The number of aromatic nitrogens is 13. The molecule has 2 aliphatic heterocycles. The highest BCUT2D eigenvalue weighted by atomic mass is 19.1. The van der Waals surface area contributed by atoms with E-state index >= 15 is 4.39 Å². The Bertz CT molecular complexity index is 4460. The molecule has 0 radical (unpaired) electrons. The highest BCUT2D eigenvalue weighted by Gasteiger charge is 2.30. The zero-order chi connectivity index (χ0) is 60.2. The first-order valence-corrected chi connectivity index (χ1v) is 28.1. The summed E-state index contributed by atoms with van der Waals surface area (Å²) in [4.78, 5) is 78.9. The van der Waals surface area contributed by atoms with Gasteiger partial charge in [-0.3, -0.25) is 19.8 Å². The smallest absolute Gasteiger partial charge is 0.355 e. The molecule has 27 nitrogen and oxygen atoms in total. The summed E-state index contributed by atoms with van der Waals surface area (Å²) >= 11 is 0. The molecule has 9 aromatic heterocycles. The Hall–Kier alpha value is -10.6. The molecule has 13 rings (SSSR count). The first-order valence-electron chi connectivity index (χ1n) is 28.1. The van der Waals surface area contributed by atoms with Crippen LogP contribution < -0.4 is 26.0 Å². The van der Waals surface area contributed by atoms with E-state index in [-0.39, 0.29) is 35.1 Å². The molecule has 87 heavy (non-hydrogen) atoms. The molecule has 444 valence electrons. The molecule has 0 unspecified atom stereocenters. The van der Waals surface area contributed by atoms with Gasteiger partial charge in [0.25, 0.3) is 0 Å². The molecule has 0 amide bonds. The zero-order valence-electron chi connectivity index (χ0n) is 47.5. The van der Waals surface area contributed by atoms with Crippen LogP contribution in [0.5, 0.6) is 5.75 Å². The van der Waals surface area contributed by atoms with Crippen LogP contribution in [-0.2, 0) is 22.6 Å². The number of esters is 1. The molecule has 0 atom stereocenters. The number of aliphatic carboxylic acids is 1. The van der Waals surface area contributed by atoms with Gasteiger partial charge in [-0.1, -0.05) is 6.07 Å². The SMILES string of the molecule is COC(=O)c1c(C)c2c(nc(N)n3nc(-c4ccc(-c5coc(-c6ccc(F)c(N7CCCN(CCn8c(C(=O)O)c(C)c9c8nc(N)n8nc(-c%10ccccn%10)nc98)CC7)c6)n5)cn4)nc23)n1CCN1CCN(c2ccc(OCC(=O)O)cc2)CC1. The number of anilines is 4. The number of nitrogens with two attached hydrogens (primary N) is 2. The summed E-state index contributed by atoms with van der Waals surface area (Å²) in [6.07, 6.45) is 5.51. The van der Waals surface area contributed by atoms with Gasteiger partial charge in [0.1, 0.15) is 57.6 Å². The highest BCUT2D eigenvalue weighted by molar-refractivity contribution is 6.04. The normalized spacial score (nSPS) is 14.4. The minimum Gasteiger partial charge on any atom is -0.482 e. The van der Waals surface area contributed by atoms with E-state index in [1.165, 1.54) is 28.5 Å². The molecule has 2 fully saturated rings. The number of ether oxygens (including phenoxy) is 2. The van der Waals surface area contributed by atoms with Crippen LogP contribution in [0.2, 0.25) is 0 Å². The number of carbonyl (C=O) groups is 3. The van der Waals surface area contributed by atoms with Gasteiger partial charge in [-0.05, 0) is 105 Å². The summed E-state index contributed by atoms with van der Waals surface area (Å²) in [7, 11) is 1.34. The molecule has 2 aromatic carbocycles. The van der Waals surface area contributed by atoms with Gasteiger partial charge in [-0.15, -0.1) is 10.2 Å². The Kier molecular flexibility index (Phi) is 14.5. The Labute approximate surface area is 493 Å². The van der Waals surface area contributed by atoms with E-state index in [1.807, 2.05) is 40.7 Å². The van der Waals surface area contributed by atoms with E-state index in [0.29, 0.717) is 148 Å². The van der Waals surface area contributed by atoms with E-state index in [0.717, 1.165) is 38.3 Å². The van der Waals surface area contributed by atoms with Crippen molar-refractivity contribution >= 4 is 74.5 Å². The lowest BCUT2D eigenvalue weighted by Gasteiger charge is -2.36. The summed E-state index contributed by atoms with van der Waals surface area (Å²) in [5.74, 6) is -1.54. The van der Waals surface area contributed by atoms with Crippen molar-refractivity contribution in [3.05, 3.63) is 120 Å². The number of aromatic carboxylic acids is 1. The van der Waals surface area contributed by atoms with Gasteiger partial charge in [0.2, 0.25) is 29.4 Å². The number of hydrogen-bond acceptors (Lipinski definition) is 21. The third-order valence-electron chi connectivity index (χ3n) is 16.1. The average Bonchev–Trinajstić information content (AvgIpc) is 1.60. The summed E-state index contributed by atoms with van der Waals surface area (Å²) < 4.78 is 38.7. The maximum Gasteiger partial charge on any atom is 0.355 e. The van der Waals surface area contributed by atoms with Crippen molar-refractivity contribution in [2.75, 3.05) is 100 Å². The van der Waals surface area contributed by atoms with E-state index in [9.17, 15) is 19.5 Å². The minimum atomic E-state index is -1.10. The largest absolute Gasteiger partial charge is 0.482 e. The Balaban J connectivity index is 0.675. The number of aryl methyl sites for hydroxylation is 2. The van der Waals surface area contributed by atoms with Crippen LogP contribution in [0.25, 0.3) is 79.1 Å². The first-order chi connectivity index (χ1) is 42.2. The quantitative estimate of drug-likeness (QED) is 0.0780. The van der Waals surface area contributed by atoms with Crippen LogP contribution in [0.15, 0.2) is 95.9 Å². The second kappa shape index (κ2) is 22.8. The van der Waals surface area contributed by atoms with Crippen LogP contribution in [0.1, 0.15) is 38.5 Å². The standard InChI is InChI=1S/C59H58FN19O8/c1-33-45-51(68-58(61)78-53(45)66-49(70-78)40-7-4-5-16-63-40)76(47(33)56(82)83)27-22-72-17-6-18-75(26-21-72)43-29-35(8-14-39(43)60)55-65-42(31-87-55)36-9-15-41(64-30-36)50-67-54-46-34(2)48(57(84)85-3)77(52(46)69-59(62)79(54)71-50)28-23-73-19-24-74(25-20-73)37-10-12-38(13-11-37)86-32-44(80)81/h4-5,7-16,29-31H,6,17-28,32H2,1-3H3,(H2,61,68)(H2,62,69)(H,80,81)(H,82,83). The third-order valence-corrected chi connectivity index (χ3v) is 16.1. The molecule has 0 bridgehead atoms. The minimum absolute atomic E-state index is 0.0589. The van der Waals surface area contributed by atoms with Gasteiger partial charge < -0.3 is 54.5 Å². The molecular formula is C59H58FN19O8. The van der Waals surface area contributed by atoms with Gasteiger partial charge in [0.05, 0.1) is 23.6 Å². The number of nitrogen functional groups attached to an aromatic ring is 2. The fraction of sp³-hybridized carbons (Fsp3) is 0.288. The summed E-state index contributed by atoms with van der Waals surface area (Å²) in [5, 5.41) is 29.8. The molecule has 0 aliphatic carbocycles. The van der Waals surface area contributed by atoms with Crippen molar-refractivity contribution in [3.8, 4) is 51.5 Å². The molecule has 0 saturated carbocycles. The second-order valence-corrected chi connectivity index (χ2v) is 21.3. The number of halogens is 1. The number of carboxylic acid groups (broad SMARTS) is 2. The second-order valence-electron chi connectivity index (χ2n) is 21.3. The lowest BCUT2D eigenvalue weighted by Crippen LogP contribution is -2.47. The van der Waals surface area contributed by atoms with Crippen molar-refractivity contribution in [3.63, 3.8) is 0 Å². The van der Waals surface area contributed by atoms with Crippen LogP contribution in [0.3, 0.4) is 0 Å². The van der Waals surface area contributed by atoms with Gasteiger partial charge in [-0.2, -0.15) is 19.0 Å². The highest BCUT2D eigenvalue weighted by Crippen LogP contribution is 2.35. The average molecular weight is 1180 g/mol. The third kappa shape index (κ3) is 10.4. The van der Waals surface area contributed by atoms with Crippen LogP contribution in [0.4, 0.5) is 27.7 Å². The van der Waals surface area contributed by atoms with Crippen molar-refractivity contribution in [1.29, 1.82) is 0 Å². The predicted molar refractivity (Wildman–Crippen MR) is 318 cm³/mol. The van der Waals surface area contributed by atoms with Gasteiger partial charge in [0, 0.05) is 101 Å². The fourth-order valence-corrected chi connectivity index (χ4v) is 11.7. The molecule has 2 saturated heterocycles. The predicted octanol–water partition coefficient (Wildman–Crippen LogP) is 5.82. The van der Waals surface area contributed by atoms with E-state index < -0.39 is 24.5 Å². The van der Waals surface area contributed by atoms with Gasteiger partial charge in [0.15, 0.2) is 17.9 Å². The Morgan fingerprint density at radius 1 is 0.644 bits per heavy atom. The zero-order valence-corrected chi connectivity index (χ0v) is 47.5. The van der Waals surface area contributed by atoms with Crippen molar-refractivity contribution < 1.29 is 42.9 Å². The van der Waals surface area contributed by atoms with Crippen molar-refractivity contribution in [2.24, 2.45) is 0 Å². The van der Waals surface area contributed by atoms with Crippen LogP contribution >= 0.6 is 0 Å². The summed E-state index contributed by atoms with van der Waals surface area (Å²) in [5.41, 5.74) is 20.3. The number of nitrogens with zero attached hydrogens (tertiary/aromatic N) is 17. The maximum absolute atomic E-state index is 15.8. The number of oxazole rings is 1. The number of hydrogen-bond donors (Lipinski definition) is 4. The van der Waals surface area contributed by atoms with E-state index in [2.05, 4.69) is 29.8 Å². The number of pyridine rings is 2. The summed E-state index contributed by atoms with van der Waals surface area (Å²) in [6, 6.07) is 21.1. The Morgan fingerprint density at radius 3 is 1.87 bits per heavy atom. The first kappa shape index (κ1) is 55.6.